The summed E-state index contributed by atoms with van der Waals surface area (Å²) in [6, 6.07) is 13.6. The summed E-state index contributed by atoms with van der Waals surface area (Å²) in [5.74, 6) is 1.54. The molecule has 1 heterocycles. The molecular weight excluding hydrogens is 454 g/mol. The zero-order valence-corrected chi connectivity index (χ0v) is 18.4. The van der Waals surface area contributed by atoms with Crippen molar-refractivity contribution in [3.8, 4) is 34.6 Å². The van der Waals surface area contributed by atoms with Crippen molar-refractivity contribution in [3.05, 3.63) is 57.5 Å². The van der Waals surface area contributed by atoms with Gasteiger partial charge in [-0.15, -0.1) is 11.3 Å². The summed E-state index contributed by atoms with van der Waals surface area (Å²) in [5, 5.41) is 15.3. The maximum Gasteiger partial charge on any atom is 0.203 e. The van der Waals surface area contributed by atoms with E-state index in [0.29, 0.717) is 33.5 Å². The highest BCUT2D eigenvalue weighted by Gasteiger charge is 2.14. The molecule has 148 valence electrons. The number of rotatable bonds is 7. The number of hydrogen-bond donors (Lipinski definition) is 1. The van der Waals surface area contributed by atoms with Gasteiger partial charge in [0.25, 0.3) is 0 Å². The molecule has 0 bridgehead atoms. The SMILES string of the molecule is COc1cc(N/C=C(\C#N)c2nc(-c3cccc(Br)c3)cs2)cc(OC)c1OC. The molecule has 3 aromatic rings. The number of benzene rings is 2. The first kappa shape index (κ1) is 20.7. The van der Waals surface area contributed by atoms with Gasteiger partial charge in [0.1, 0.15) is 16.6 Å². The molecule has 0 atom stereocenters. The first-order valence-corrected chi connectivity index (χ1v) is 10.2. The second kappa shape index (κ2) is 9.45. The van der Waals surface area contributed by atoms with Crippen molar-refractivity contribution in [2.45, 2.75) is 0 Å². The zero-order valence-electron chi connectivity index (χ0n) is 16.0. The number of hydrogen-bond acceptors (Lipinski definition) is 7. The number of methoxy groups -OCH3 is 3. The molecule has 0 saturated heterocycles. The molecule has 0 aliphatic rings. The van der Waals surface area contributed by atoms with Gasteiger partial charge in [-0.2, -0.15) is 5.26 Å². The van der Waals surface area contributed by atoms with Gasteiger partial charge in [-0.1, -0.05) is 28.1 Å². The van der Waals surface area contributed by atoms with Gasteiger partial charge in [0.2, 0.25) is 5.75 Å². The summed E-state index contributed by atoms with van der Waals surface area (Å²) in [7, 11) is 4.65. The van der Waals surface area contributed by atoms with E-state index >= 15 is 0 Å². The number of halogens is 1. The lowest BCUT2D eigenvalue weighted by Crippen LogP contribution is -1.98. The standard InChI is InChI=1S/C21H18BrN3O3S/c1-26-18-8-16(9-19(27-2)20(18)28-3)24-11-14(10-23)21-25-17(12-29-21)13-5-4-6-15(22)7-13/h4-9,11-12,24H,1-3H3/b14-11+. The molecule has 3 rings (SSSR count). The van der Waals surface area contributed by atoms with Gasteiger partial charge < -0.3 is 19.5 Å². The van der Waals surface area contributed by atoms with E-state index in [1.54, 1.807) is 39.7 Å². The summed E-state index contributed by atoms with van der Waals surface area (Å²) in [6.45, 7) is 0. The minimum Gasteiger partial charge on any atom is -0.493 e. The first-order valence-electron chi connectivity index (χ1n) is 8.48. The Morgan fingerprint density at radius 1 is 1.14 bits per heavy atom. The van der Waals surface area contributed by atoms with Crippen molar-refractivity contribution >= 4 is 38.5 Å². The minimum absolute atomic E-state index is 0.421. The fourth-order valence-electron chi connectivity index (χ4n) is 2.64. The van der Waals surface area contributed by atoms with Gasteiger partial charge in [0, 0.05) is 39.4 Å². The lowest BCUT2D eigenvalue weighted by atomic mass is 10.2. The largest absolute Gasteiger partial charge is 0.493 e. The number of nitriles is 1. The molecule has 6 nitrogen and oxygen atoms in total. The Bertz CT molecular complexity index is 1060. The van der Waals surface area contributed by atoms with Crippen LogP contribution in [-0.2, 0) is 0 Å². The molecule has 8 heteroatoms. The number of ether oxygens (including phenoxy) is 3. The van der Waals surface area contributed by atoms with Gasteiger partial charge >= 0.3 is 0 Å². The highest BCUT2D eigenvalue weighted by molar-refractivity contribution is 9.10. The number of anilines is 1. The molecular formula is C21H18BrN3O3S. The Kier molecular flexibility index (Phi) is 6.75. The van der Waals surface area contributed by atoms with Crippen LogP contribution in [0.2, 0.25) is 0 Å². The first-order chi connectivity index (χ1) is 14.1. The molecule has 0 spiro atoms. The average molecular weight is 472 g/mol. The van der Waals surface area contributed by atoms with E-state index in [1.165, 1.54) is 11.3 Å². The number of nitrogens with zero attached hydrogens (tertiary/aromatic N) is 2. The molecule has 0 unspecified atom stereocenters. The molecule has 0 radical (unpaired) electrons. The molecule has 29 heavy (non-hydrogen) atoms. The molecule has 0 amide bonds. The second-order valence-corrected chi connectivity index (χ2v) is 7.55. The van der Waals surface area contributed by atoms with Crippen molar-refractivity contribution < 1.29 is 14.2 Å². The lowest BCUT2D eigenvalue weighted by Gasteiger charge is -2.14. The summed E-state index contributed by atoms with van der Waals surface area (Å²) >= 11 is 4.88. The number of thiazole rings is 1. The fraction of sp³-hybridized carbons (Fsp3) is 0.143. The van der Waals surface area contributed by atoms with E-state index in [1.807, 2.05) is 29.6 Å². The minimum atomic E-state index is 0.421. The van der Waals surface area contributed by atoms with Crippen molar-refractivity contribution in [2.75, 3.05) is 26.6 Å². The Hall–Kier alpha value is -3.02. The Morgan fingerprint density at radius 3 is 2.45 bits per heavy atom. The van der Waals surface area contributed by atoms with Crippen molar-refractivity contribution in [3.63, 3.8) is 0 Å². The molecule has 1 N–H and O–H groups in total. The van der Waals surface area contributed by atoms with E-state index < -0.39 is 0 Å². The Morgan fingerprint density at radius 2 is 1.86 bits per heavy atom. The molecule has 0 aliphatic carbocycles. The quantitative estimate of drug-likeness (QED) is 0.453. The monoisotopic (exact) mass is 471 g/mol. The van der Waals surface area contributed by atoms with Crippen LogP contribution in [0.1, 0.15) is 5.01 Å². The van der Waals surface area contributed by atoms with Crippen LogP contribution < -0.4 is 19.5 Å². The highest BCUT2D eigenvalue weighted by Crippen LogP contribution is 2.40. The third kappa shape index (κ3) is 4.70. The van der Waals surface area contributed by atoms with E-state index in [0.717, 1.165) is 15.7 Å². The highest BCUT2D eigenvalue weighted by atomic mass is 79.9. The molecule has 0 aliphatic heterocycles. The third-order valence-corrected chi connectivity index (χ3v) is 5.39. The van der Waals surface area contributed by atoms with Gasteiger partial charge in [0.15, 0.2) is 11.5 Å². The van der Waals surface area contributed by atoms with Crippen LogP contribution >= 0.6 is 27.3 Å². The molecule has 0 fully saturated rings. The Labute approximate surface area is 181 Å². The van der Waals surface area contributed by atoms with Crippen LogP contribution in [0.15, 0.2) is 52.5 Å². The lowest BCUT2D eigenvalue weighted by molar-refractivity contribution is 0.324. The van der Waals surface area contributed by atoms with Crippen LogP contribution in [0.4, 0.5) is 5.69 Å². The van der Waals surface area contributed by atoms with Crippen molar-refractivity contribution in [1.29, 1.82) is 5.26 Å². The Balaban J connectivity index is 1.87. The van der Waals surface area contributed by atoms with Crippen LogP contribution in [0.25, 0.3) is 16.8 Å². The predicted molar refractivity (Wildman–Crippen MR) is 119 cm³/mol. The maximum atomic E-state index is 9.60. The van der Waals surface area contributed by atoms with E-state index in [4.69, 9.17) is 14.2 Å². The molecule has 1 aromatic heterocycles. The topological polar surface area (TPSA) is 76.4 Å². The smallest absolute Gasteiger partial charge is 0.203 e. The van der Waals surface area contributed by atoms with Crippen LogP contribution in [0.5, 0.6) is 17.2 Å². The van der Waals surface area contributed by atoms with E-state index in [-0.39, 0.29) is 0 Å². The second-order valence-electron chi connectivity index (χ2n) is 5.78. The van der Waals surface area contributed by atoms with Crippen molar-refractivity contribution in [1.82, 2.24) is 4.98 Å². The van der Waals surface area contributed by atoms with Crippen LogP contribution in [0, 0.1) is 11.3 Å². The van der Waals surface area contributed by atoms with Gasteiger partial charge in [-0.3, -0.25) is 0 Å². The van der Waals surface area contributed by atoms with Crippen molar-refractivity contribution in [2.24, 2.45) is 0 Å². The van der Waals surface area contributed by atoms with E-state index in [2.05, 4.69) is 32.3 Å². The normalized spacial score (nSPS) is 10.9. The molecule has 0 saturated carbocycles. The number of nitrogens with one attached hydrogen (secondary N) is 1. The van der Waals surface area contributed by atoms with Gasteiger partial charge in [-0.05, 0) is 12.1 Å². The number of allylic oxidation sites excluding steroid dienone is 1. The maximum absolute atomic E-state index is 9.60. The van der Waals surface area contributed by atoms with E-state index in [9.17, 15) is 5.26 Å². The zero-order chi connectivity index (χ0) is 20.8. The van der Waals surface area contributed by atoms with Gasteiger partial charge in [0.05, 0.1) is 27.0 Å². The third-order valence-electron chi connectivity index (χ3n) is 4.02. The summed E-state index contributed by atoms with van der Waals surface area (Å²) in [4.78, 5) is 4.60. The number of aromatic nitrogens is 1. The molecule has 2 aromatic carbocycles. The van der Waals surface area contributed by atoms with Crippen LogP contribution in [0.3, 0.4) is 0 Å². The fourth-order valence-corrected chi connectivity index (χ4v) is 3.83. The summed E-state index contributed by atoms with van der Waals surface area (Å²) < 4.78 is 17.0. The summed E-state index contributed by atoms with van der Waals surface area (Å²) in [6.07, 6.45) is 1.62. The predicted octanol–water partition coefficient (Wildman–Crippen LogP) is 5.57. The van der Waals surface area contributed by atoms with Crippen LogP contribution in [-0.4, -0.2) is 26.3 Å². The summed E-state index contributed by atoms with van der Waals surface area (Å²) in [5.41, 5.74) is 2.91. The van der Waals surface area contributed by atoms with Gasteiger partial charge in [-0.25, -0.2) is 4.98 Å². The average Bonchev–Trinajstić information content (AvgIpc) is 3.23.